The van der Waals surface area contributed by atoms with Crippen LogP contribution in [0.2, 0.25) is 0 Å². The third-order valence-electron chi connectivity index (χ3n) is 4.33. The van der Waals surface area contributed by atoms with E-state index in [1.165, 1.54) is 6.33 Å². The third kappa shape index (κ3) is 4.25. The highest BCUT2D eigenvalue weighted by Gasteiger charge is 2.13. The molecule has 2 heterocycles. The van der Waals surface area contributed by atoms with E-state index in [-0.39, 0.29) is 12.3 Å². The van der Waals surface area contributed by atoms with Crippen LogP contribution in [0.3, 0.4) is 0 Å². The van der Waals surface area contributed by atoms with Gasteiger partial charge < -0.3 is 4.74 Å². The maximum absolute atomic E-state index is 12.1. The van der Waals surface area contributed by atoms with E-state index in [0.717, 1.165) is 17.0 Å². The van der Waals surface area contributed by atoms with Crippen LogP contribution < -0.4 is 15.6 Å². The van der Waals surface area contributed by atoms with Crippen LogP contribution >= 0.6 is 0 Å². The average molecular weight is 382 g/mol. The van der Waals surface area contributed by atoms with Gasteiger partial charge in [0.05, 0.1) is 6.61 Å². The molecule has 0 spiro atoms. The van der Waals surface area contributed by atoms with Gasteiger partial charge in [-0.3, -0.25) is 20.4 Å². The summed E-state index contributed by atoms with van der Waals surface area (Å²) in [6, 6.07) is 6.69. The molecule has 0 aliphatic carbocycles. The Kier molecular flexibility index (Phi) is 5.83. The number of nitrogens with zero attached hydrogens (tertiary/aromatic N) is 4. The van der Waals surface area contributed by atoms with Gasteiger partial charge in [-0.2, -0.15) is 10.1 Å². The second kappa shape index (κ2) is 8.47. The Hall–Kier alpha value is -3.49. The molecule has 3 rings (SSSR count). The molecular formula is C19H22N6O3. The predicted molar refractivity (Wildman–Crippen MR) is 102 cm³/mol. The molecular weight excluding hydrogens is 360 g/mol. The SMILES string of the molecule is CCOc1ccc(C(=O)NNC(=O)CCc2c(C)nc3ncnn3c2C)cc1. The zero-order valence-corrected chi connectivity index (χ0v) is 16.0. The molecule has 3 aromatic rings. The van der Waals surface area contributed by atoms with Gasteiger partial charge in [-0.05, 0) is 57.0 Å². The lowest BCUT2D eigenvalue weighted by atomic mass is 10.1. The number of benzene rings is 1. The summed E-state index contributed by atoms with van der Waals surface area (Å²) in [5.74, 6) is 0.531. The molecule has 0 saturated heterocycles. The minimum Gasteiger partial charge on any atom is -0.494 e. The summed E-state index contributed by atoms with van der Waals surface area (Å²) in [5.41, 5.74) is 7.92. The summed E-state index contributed by atoms with van der Waals surface area (Å²) < 4.78 is 6.98. The first-order valence-electron chi connectivity index (χ1n) is 8.97. The number of rotatable bonds is 6. The Bertz CT molecular complexity index is 997. The minimum atomic E-state index is -0.394. The van der Waals surface area contributed by atoms with Gasteiger partial charge in [0.2, 0.25) is 5.91 Å². The molecule has 2 aromatic heterocycles. The van der Waals surface area contributed by atoms with Crippen LogP contribution in [0.15, 0.2) is 30.6 Å². The highest BCUT2D eigenvalue weighted by atomic mass is 16.5. The van der Waals surface area contributed by atoms with Crippen LogP contribution in [-0.4, -0.2) is 38.0 Å². The molecule has 0 saturated carbocycles. The van der Waals surface area contributed by atoms with Gasteiger partial charge in [0, 0.05) is 23.4 Å². The standard InChI is InChI=1S/C19H22N6O3/c1-4-28-15-7-5-14(6-8-15)18(27)24-23-17(26)10-9-16-12(2)22-19-20-11-21-25(19)13(16)3/h5-8,11H,4,9-10H2,1-3H3,(H,23,26)(H,24,27). The molecule has 9 heteroatoms. The number of nitrogens with one attached hydrogen (secondary N) is 2. The number of carbonyl (C=O) groups is 2. The molecule has 0 aliphatic rings. The Morgan fingerprint density at radius 1 is 1.14 bits per heavy atom. The molecule has 28 heavy (non-hydrogen) atoms. The van der Waals surface area contributed by atoms with E-state index < -0.39 is 5.91 Å². The van der Waals surface area contributed by atoms with Crippen molar-refractivity contribution in [2.45, 2.75) is 33.6 Å². The van der Waals surface area contributed by atoms with Crippen LogP contribution in [0.25, 0.3) is 5.78 Å². The fraction of sp³-hybridized carbons (Fsp3) is 0.316. The van der Waals surface area contributed by atoms with Crippen molar-refractivity contribution >= 4 is 17.6 Å². The first kappa shape index (κ1) is 19.3. The highest BCUT2D eigenvalue weighted by molar-refractivity contribution is 5.95. The Morgan fingerprint density at radius 3 is 2.61 bits per heavy atom. The molecule has 0 fully saturated rings. The molecule has 0 atom stereocenters. The number of carbonyl (C=O) groups excluding carboxylic acids is 2. The number of hydrogen-bond acceptors (Lipinski definition) is 6. The van der Waals surface area contributed by atoms with Gasteiger partial charge >= 0.3 is 0 Å². The van der Waals surface area contributed by atoms with E-state index >= 15 is 0 Å². The third-order valence-corrected chi connectivity index (χ3v) is 4.33. The van der Waals surface area contributed by atoms with E-state index in [9.17, 15) is 9.59 Å². The quantitative estimate of drug-likeness (QED) is 0.626. The van der Waals surface area contributed by atoms with Crippen LogP contribution in [0.1, 0.15) is 40.7 Å². The molecule has 0 aliphatic heterocycles. The first-order chi connectivity index (χ1) is 13.5. The number of hydrazine groups is 1. The van der Waals surface area contributed by atoms with Gasteiger partial charge in [-0.1, -0.05) is 0 Å². The van der Waals surface area contributed by atoms with Crippen LogP contribution in [0.4, 0.5) is 0 Å². The number of fused-ring (bicyclic) bond motifs is 1. The molecule has 2 amide bonds. The number of aromatic nitrogens is 4. The number of amides is 2. The Balaban J connectivity index is 1.54. The molecule has 1 aromatic carbocycles. The van der Waals surface area contributed by atoms with Crippen molar-refractivity contribution in [2.24, 2.45) is 0 Å². The summed E-state index contributed by atoms with van der Waals surface area (Å²) in [6.07, 6.45) is 2.13. The first-order valence-corrected chi connectivity index (χ1v) is 8.97. The van der Waals surface area contributed by atoms with Crippen molar-refractivity contribution in [2.75, 3.05) is 6.61 Å². The number of ether oxygens (including phenoxy) is 1. The predicted octanol–water partition coefficient (Wildman–Crippen LogP) is 1.53. The summed E-state index contributed by atoms with van der Waals surface area (Å²) in [5, 5.41) is 4.13. The smallest absolute Gasteiger partial charge is 0.269 e. The zero-order chi connectivity index (χ0) is 20.1. The van der Waals surface area contributed by atoms with E-state index in [1.54, 1.807) is 28.8 Å². The second-order valence-corrected chi connectivity index (χ2v) is 6.19. The largest absolute Gasteiger partial charge is 0.494 e. The van der Waals surface area contributed by atoms with E-state index in [4.69, 9.17) is 4.74 Å². The summed E-state index contributed by atoms with van der Waals surface area (Å²) >= 11 is 0. The summed E-state index contributed by atoms with van der Waals surface area (Å²) in [4.78, 5) is 32.7. The zero-order valence-electron chi connectivity index (χ0n) is 16.0. The maximum atomic E-state index is 12.1. The monoisotopic (exact) mass is 382 g/mol. The summed E-state index contributed by atoms with van der Waals surface area (Å²) in [7, 11) is 0. The van der Waals surface area contributed by atoms with E-state index in [1.807, 2.05) is 20.8 Å². The van der Waals surface area contributed by atoms with Crippen molar-refractivity contribution in [1.29, 1.82) is 0 Å². The fourth-order valence-corrected chi connectivity index (χ4v) is 2.89. The number of aryl methyl sites for hydroxylation is 2. The fourth-order valence-electron chi connectivity index (χ4n) is 2.89. The van der Waals surface area contributed by atoms with Crippen molar-refractivity contribution in [1.82, 2.24) is 30.4 Å². The highest BCUT2D eigenvalue weighted by Crippen LogP contribution is 2.15. The van der Waals surface area contributed by atoms with Gasteiger partial charge in [0.25, 0.3) is 11.7 Å². The van der Waals surface area contributed by atoms with Gasteiger partial charge in [-0.25, -0.2) is 9.50 Å². The van der Waals surface area contributed by atoms with Crippen molar-refractivity contribution in [3.8, 4) is 5.75 Å². The van der Waals surface area contributed by atoms with Crippen LogP contribution in [-0.2, 0) is 11.2 Å². The topological polar surface area (TPSA) is 111 Å². The normalized spacial score (nSPS) is 10.7. The van der Waals surface area contributed by atoms with Crippen molar-refractivity contribution < 1.29 is 14.3 Å². The molecule has 146 valence electrons. The lowest BCUT2D eigenvalue weighted by Crippen LogP contribution is -2.41. The molecule has 9 nitrogen and oxygen atoms in total. The molecule has 0 unspecified atom stereocenters. The van der Waals surface area contributed by atoms with Gasteiger partial charge in [0.1, 0.15) is 12.1 Å². The minimum absolute atomic E-state index is 0.202. The Morgan fingerprint density at radius 2 is 1.89 bits per heavy atom. The van der Waals surface area contributed by atoms with Crippen LogP contribution in [0, 0.1) is 13.8 Å². The Labute approximate surface area is 162 Å². The van der Waals surface area contributed by atoms with Crippen molar-refractivity contribution in [3.63, 3.8) is 0 Å². The van der Waals surface area contributed by atoms with Crippen LogP contribution in [0.5, 0.6) is 5.75 Å². The summed E-state index contributed by atoms with van der Waals surface area (Å²) in [6.45, 7) is 6.24. The van der Waals surface area contributed by atoms with Gasteiger partial charge in [0.15, 0.2) is 0 Å². The lowest BCUT2D eigenvalue weighted by Gasteiger charge is -2.11. The van der Waals surface area contributed by atoms with Crippen molar-refractivity contribution in [3.05, 3.63) is 53.1 Å². The van der Waals surface area contributed by atoms with Gasteiger partial charge in [-0.15, -0.1) is 0 Å². The lowest BCUT2D eigenvalue weighted by molar-refractivity contribution is -0.121. The molecule has 2 N–H and O–H groups in total. The van der Waals surface area contributed by atoms with E-state index in [2.05, 4.69) is 25.9 Å². The van der Waals surface area contributed by atoms with E-state index in [0.29, 0.717) is 30.1 Å². The molecule has 0 radical (unpaired) electrons. The second-order valence-electron chi connectivity index (χ2n) is 6.19. The maximum Gasteiger partial charge on any atom is 0.269 e. The molecule has 0 bridgehead atoms. The number of hydrogen-bond donors (Lipinski definition) is 2. The average Bonchev–Trinajstić information content (AvgIpc) is 3.15.